The number of thioether (sulfide) groups is 1. The number of hydrogen-bond donors (Lipinski definition) is 3. The first-order valence-corrected chi connectivity index (χ1v) is 5.66. The zero-order valence-electron chi connectivity index (χ0n) is 8.12. The first-order chi connectivity index (χ1) is 6.75. The molecule has 0 aliphatic carbocycles. The minimum atomic E-state index is -0.333. The minimum Gasteiger partial charge on any atom is -0.354 e. The molecule has 2 saturated heterocycles. The fourth-order valence-corrected chi connectivity index (χ4v) is 2.17. The summed E-state index contributed by atoms with van der Waals surface area (Å²) in [4.78, 5) is 22.3. The zero-order chi connectivity index (χ0) is 9.97. The molecular formula is C8H14ClN3O2S. The zero-order valence-corrected chi connectivity index (χ0v) is 9.75. The molecule has 0 saturated carbocycles. The van der Waals surface area contributed by atoms with E-state index in [0.717, 1.165) is 24.9 Å². The molecular weight excluding hydrogens is 238 g/mol. The highest BCUT2D eigenvalue weighted by Crippen LogP contribution is 2.12. The molecule has 0 radical (unpaired) electrons. The summed E-state index contributed by atoms with van der Waals surface area (Å²) in [7, 11) is 0. The van der Waals surface area contributed by atoms with Crippen molar-refractivity contribution in [2.24, 2.45) is 5.92 Å². The molecule has 2 aliphatic heterocycles. The van der Waals surface area contributed by atoms with Crippen LogP contribution >= 0.6 is 24.2 Å². The molecule has 5 nitrogen and oxygen atoms in total. The highest BCUT2D eigenvalue weighted by Gasteiger charge is 2.28. The fourth-order valence-electron chi connectivity index (χ4n) is 1.39. The standard InChI is InChI=1S/C8H13N3O2S.ClH/c12-7(6-4-14-8(13)11-6)10-3-5-1-9-2-5;/h5-6,9H,1-4H2,(H,10,12)(H,11,13);1H/t6-;/m0./s1. The van der Waals surface area contributed by atoms with Crippen molar-refractivity contribution in [1.82, 2.24) is 16.0 Å². The van der Waals surface area contributed by atoms with Gasteiger partial charge in [0, 0.05) is 31.3 Å². The lowest BCUT2D eigenvalue weighted by atomic mass is 10.0. The molecule has 0 unspecified atom stereocenters. The first kappa shape index (κ1) is 12.6. The summed E-state index contributed by atoms with van der Waals surface area (Å²) >= 11 is 1.16. The summed E-state index contributed by atoms with van der Waals surface area (Å²) in [6.45, 7) is 2.67. The Morgan fingerprint density at radius 2 is 2.27 bits per heavy atom. The second kappa shape index (κ2) is 5.58. The van der Waals surface area contributed by atoms with E-state index in [2.05, 4.69) is 16.0 Å². The van der Waals surface area contributed by atoms with E-state index in [1.807, 2.05) is 0 Å². The van der Waals surface area contributed by atoms with Gasteiger partial charge < -0.3 is 16.0 Å². The van der Waals surface area contributed by atoms with E-state index < -0.39 is 0 Å². The Labute approximate surface area is 98.5 Å². The SMILES string of the molecule is Cl.O=C1N[C@H](C(=O)NCC2CNC2)CS1. The van der Waals surface area contributed by atoms with E-state index >= 15 is 0 Å². The monoisotopic (exact) mass is 251 g/mol. The summed E-state index contributed by atoms with van der Waals surface area (Å²) in [5.41, 5.74) is 0. The van der Waals surface area contributed by atoms with Gasteiger partial charge >= 0.3 is 0 Å². The fraction of sp³-hybridized carbons (Fsp3) is 0.750. The average Bonchev–Trinajstić information content (AvgIpc) is 2.49. The lowest BCUT2D eigenvalue weighted by molar-refractivity contribution is -0.122. The number of carbonyl (C=O) groups is 2. The van der Waals surface area contributed by atoms with Gasteiger partial charge in [-0.2, -0.15) is 0 Å². The Morgan fingerprint density at radius 3 is 2.73 bits per heavy atom. The Kier molecular flexibility index (Phi) is 4.69. The van der Waals surface area contributed by atoms with Gasteiger partial charge in [-0.1, -0.05) is 11.8 Å². The number of amides is 2. The Bertz CT molecular complexity index is 260. The Hall–Kier alpha value is -0.460. The maximum Gasteiger partial charge on any atom is 0.279 e. The minimum absolute atomic E-state index is 0. The van der Waals surface area contributed by atoms with Gasteiger partial charge in [0.2, 0.25) is 5.91 Å². The van der Waals surface area contributed by atoms with Crippen molar-refractivity contribution >= 4 is 35.3 Å². The third-order valence-electron chi connectivity index (χ3n) is 2.42. The lowest BCUT2D eigenvalue weighted by Crippen LogP contribution is -2.51. The molecule has 2 heterocycles. The molecule has 2 rings (SSSR count). The highest BCUT2D eigenvalue weighted by molar-refractivity contribution is 8.14. The number of rotatable bonds is 3. The van der Waals surface area contributed by atoms with Crippen LogP contribution in [0.1, 0.15) is 0 Å². The van der Waals surface area contributed by atoms with Crippen LogP contribution < -0.4 is 16.0 Å². The molecule has 7 heteroatoms. The predicted octanol–water partition coefficient (Wildman–Crippen LogP) is -0.431. The van der Waals surface area contributed by atoms with E-state index in [0.29, 0.717) is 18.2 Å². The molecule has 0 aromatic carbocycles. The molecule has 1 atom stereocenters. The highest BCUT2D eigenvalue weighted by atomic mass is 35.5. The van der Waals surface area contributed by atoms with Crippen LogP contribution in [0.5, 0.6) is 0 Å². The molecule has 2 aliphatic rings. The first-order valence-electron chi connectivity index (χ1n) is 4.67. The molecule has 0 bridgehead atoms. The van der Waals surface area contributed by atoms with Gasteiger partial charge in [-0.05, 0) is 0 Å². The number of nitrogens with one attached hydrogen (secondary N) is 3. The number of carbonyl (C=O) groups excluding carboxylic acids is 2. The maximum absolute atomic E-state index is 11.5. The second-order valence-electron chi connectivity index (χ2n) is 3.56. The van der Waals surface area contributed by atoms with E-state index in [1.165, 1.54) is 0 Å². The van der Waals surface area contributed by atoms with Crippen molar-refractivity contribution in [3.05, 3.63) is 0 Å². The van der Waals surface area contributed by atoms with E-state index in [1.54, 1.807) is 0 Å². The third kappa shape index (κ3) is 3.25. The smallest absolute Gasteiger partial charge is 0.279 e. The van der Waals surface area contributed by atoms with Crippen molar-refractivity contribution in [2.75, 3.05) is 25.4 Å². The maximum atomic E-state index is 11.5. The van der Waals surface area contributed by atoms with Crippen LogP contribution in [0.4, 0.5) is 4.79 Å². The van der Waals surface area contributed by atoms with Crippen molar-refractivity contribution < 1.29 is 9.59 Å². The van der Waals surface area contributed by atoms with Gasteiger partial charge in [0.25, 0.3) is 5.24 Å². The summed E-state index contributed by atoms with van der Waals surface area (Å²) in [6.07, 6.45) is 0. The van der Waals surface area contributed by atoms with Crippen molar-refractivity contribution in [3.8, 4) is 0 Å². The van der Waals surface area contributed by atoms with Gasteiger partial charge in [0.1, 0.15) is 6.04 Å². The normalized spacial score (nSPS) is 25.1. The molecule has 2 amide bonds. The Morgan fingerprint density at radius 1 is 1.53 bits per heavy atom. The van der Waals surface area contributed by atoms with Crippen molar-refractivity contribution in [3.63, 3.8) is 0 Å². The molecule has 0 aromatic rings. The quantitative estimate of drug-likeness (QED) is 0.637. The molecule has 3 N–H and O–H groups in total. The van der Waals surface area contributed by atoms with Gasteiger partial charge in [-0.25, -0.2) is 0 Å². The number of hydrogen-bond acceptors (Lipinski definition) is 4. The Balaban J connectivity index is 0.00000112. The predicted molar refractivity (Wildman–Crippen MR) is 61.4 cm³/mol. The van der Waals surface area contributed by atoms with Crippen LogP contribution in [0.3, 0.4) is 0 Å². The third-order valence-corrected chi connectivity index (χ3v) is 3.30. The lowest BCUT2D eigenvalue weighted by Gasteiger charge is -2.27. The van der Waals surface area contributed by atoms with E-state index in [9.17, 15) is 9.59 Å². The topological polar surface area (TPSA) is 70.2 Å². The molecule has 86 valence electrons. The van der Waals surface area contributed by atoms with Crippen LogP contribution in [-0.4, -0.2) is 42.6 Å². The van der Waals surface area contributed by atoms with Gasteiger partial charge in [0.05, 0.1) is 0 Å². The summed E-state index contributed by atoms with van der Waals surface area (Å²) in [5, 5.41) is 8.48. The molecule has 0 spiro atoms. The van der Waals surface area contributed by atoms with Crippen LogP contribution in [0, 0.1) is 5.92 Å². The van der Waals surface area contributed by atoms with E-state index in [-0.39, 0.29) is 29.6 Å². The average molecular weight is 252 g/mol. The van der Waals surface area contributed by atoms with Gasteiger partial charge in [-0.15, -0.1) is 12.4 Å². The van der Waals surface area contributed by atoms with Crippen molar-refractivity contribution in [1.29, 1.82) is 0 Å². The summed E-state index contributed by atoms with van der Waals surface area (Å²) in [5.74, 6) is 1.05. The number of halogens is 1. The van der Waals surface area contributed by atoms with Crippen LogP contribution in [0.15, 0.2) is 0 Å². The molecule has 15 heavy (non-hydrogen) atoms. The largest absolute Gasteiger partial charge is 0.354 e. The van der Waals surface area contributed by atoms with Gasteiger partial charge in [0.15, 0.2) is 0 Å². The second-order valence-corrected chi connectivity index (χ2v) is 4.56. The van der Waals surface area contributed by atoms with E-state index in [4.69, 9.17) is 0 Å². The van der Waals surface area contributed by atoms with Crippen LogP contribution in [-0.2, 0) is 4.79 Å². The van der Waals surface area contributed by atoms with Crippen LogP contribution in [0.2, 0.25) is 0 Å². The molecule has 0 aromatic heterocycles. The van der Waals surface area contributed by atoms with Crippen molar-refractivity contribution in [2.45, 2.75) is 6.04 Å². The summed E-state index contributed by atoms with van der Waals surface area (Å²) < 4.78 is 0. The summed E-state index contributed by atoms with van der Waals surface area (Å²) in [6, 6.07) is -0.333. The molecule has 2 fully saturated rings. The van der Waals surface area contributed by atoms with Gasteiger partial charge in [-0.3, -0.25) is 9.59 Å². The van der Waals surface area contributed by atoms with Crippen LogP contribution in [0.25, 0.3) is 0 Å².